The number of carbonyl (C=O) groups is 1. The molecule has 2 aromatic heterocycles. The largest absolute Gasteiger partial charge is 0.383 e. The molecule has 0 bridgehead atoms. The minimum absolute atomic E-state index is 0.0522. The Morgan fingerprint density at radius 2 is 1.61 bits per heavy atom. The van der Waals surface area contributed by atoms with Gasteiger partial charge < -0.3 is 4.74 Å². The number of rotatable bonds is 9. The van der Waals surface area contributed by atoms with Gasteiger partial charge >= 0.3 is 0 Å². The van der Waals surface area contributed by atoms with Crippen molar-refractivity contribution in [1.82, 2.24) is 19.7 Å². The average Bonchev–Trinajstić information content (AvgIpc) is 3.25. The van der Waals surface area contributed by atoms with Crippen LogP contribution in [-0.2, 0) is 11.3 Å². The number of ether oxygens (including phenoxy) is 1. The van der Waals surface area contributed by atoms with Crippen molar-refractivity contribution in [2.24, 2.45) is 0 Å². The van der Waals surface area contributed by atoms with Crippen LogP contribution < -0.4 is 0 Å². The molecule has 2 heterocycles. The Balaban J connectivity index is 1.47. The van der Waals surface area contributed by atoms with Crippen LogP contribution in [0.4, 0.5) is 0 Å². The van der Waals surface area contributed by atoms with Crippen LogP contribution in [0, 0.1) is 0 Å². The molecule has 0 N–H and O–H groups in total. The van der Waals surface area contributed by atoms with E-state index in [1.54, 1.807) is 19.5 Å². The van der Waals surface area contributed by atoms with Gasteiger partial charge in [0.05, 0.1) is 18.9 Å². The first-order chi connectivity index (χ1) is 15.3. The van der Waals surface area contributed by atoms with E-state index in [0.29, 0.717) is 23.9 Å². The van der Waals surface area contributed by atoms with Crippen LogP contribution in [-0.4, -0.2) is 45.0 Å². The van der Waals surface area contributed by atoms with Gasteiger partial charge in [0.15, 0.2) is 16.8 Å². The topological polar surface area (TPSA) is 69.9 Å². The lowest BCUT2D eigenvalue weighted by Crippen LogP contribution is -2.09. The Labute approximate surface area is 185 Å². The van der Waals surface area contributed by atoms with Crippen molar-refractivity contribution < 1.29 is 9.53 Å². The second-order valence-electron chi connectivity index (χ2n) is 6.84. The maximum Gasteiger partial charge on any atom is 0.192 e. The number of hydrogen-bond donors (Lipinski definition) is 0. The molecule has 0 fully saturated rings. The molecular formula is C24H22N4O2S. The maximum atomic E-state index is 12.8. The highest BCUT2D eigenvalue weighted by Crippen LogP contribution is 2.25. The van der Waals surface area contributed by atoms with Crippen molar-refractivity contribution in [1.29, 1.82) is 0 Å². The zero-order chi connectivity index (χ0) is 21.5. The molecule has 0 saturated heterocycles. The van der Waals surface area contributed by atoms with Crippen LogP contribution >= 0.6 is 11.8 Å². The van der Waals surface area contributed by atoms with E-state index in [9.17, 15) is 4.79 Å². The molecule has 0 amide bonds. The molecular weight excluding hydrogens is 408 g/mol. The monoisotopic (exact) mass is 430 g/mol. The second-order valence-corrected chi connectivity index (χ2v) is 7.78. The Kier molecular flexibility index (Phi) is 6.86. The SMILES string of the molecule is COCCn1c(SCC(=O)c2ccc(-c3ccccc3)cc2)nnc1-c1ccncc1. The molecule has 2 aromatic carbocycles. The number of methoxy groups -OCH3 is 1. The predicted octanol–water partition coefficient (Wildman–Crippen LogP) is 4.63. The van der Waals surface area contributed by atoms with Crippen LogP contribution in [0.25, 0.3) is 22.5 Å². The molecule has 7 heteroatoms. The molecule has 0 saturated carbocycles. The number of benzene rings is 2. The van der Waals surface area contributed by atoms with Crippen LogP contribution in [0.3, 0.4) is 0 Å². The Morgan fingerprint density at radius 1 is 0.903 bits per heavy atom. The van der Waals surface area contributed by atoms with Crippen LogP contribution in [0.5, 0.6) is 0 Å². The van der Waals surface area contributed by atoms with E-state index in [1.807, 2.05) is 59.2 Å². The minimum atomic E-state index is 0.0522. The molecule has 0 aliphatic heterocycles. The third-order valence-electron chi connectivity index (χ3n) is 4.82. The Morgan fingerprint density at radius 3 is 2.32 bits per heavy atom. The molecule has 31 heavy (non-hydrogen) atoms. The smallest absolute Gasteiger partial charge is 0.192 e. The van der Waals surface area contributed by atoms with Crippen LogP contribution in [0.2, 0.25) is 0 Å². The van der Waals surface area contributed by atoms with Gasteiger partial charge in [-0.05, 0) is 23.3 Å². The molecule has 0 atom stereocenters. The lowest BCUT2D eigenvalue weighted by atomic mass is 10.0. The summed E-state index contributed by atoms with van der Waals surface area (Å²) in [4.78, 5) is 16.8. The van der Waals surface area contributed by atoms with Crippen molar-refractivity contribution in [3.05, 3.63) is 84.7 Å². The summed E-state index contributed by atoms with van der Waals surface area (Å²) < 4.78 is 7.22. The highest BCUT2D eigenvalue weighted by atomic mass is 32.2. The van der Waals surface area contributed by atoms with Crippen molar-refractivity contribution in [3.63, 3.8) is 0 Å². The maximum absolute atomic E-state index is 12.8. The molecule has 0 radical (unpaired) electrons. The van der Waals surface area contributed by atoms with E-state index >= 15 is 0 Å². The zero-order valence-corrected chi connectivity index (χ0v) is 18.0. The highest BCUT2D eigenvalue weighted by Gasteiger charge is 2.16. The molecule has 4 rings (SSSR count). The summed E-state index contributed by atoms with van der Waals surface area (Å²) in [6.45, 7) is 1.13. The summed E-state index contributed by atoms with van der Waals surface area (Å²) in [5, 5.41) is 9.34. The van der Waals surface area contributed by atoms with Gasteiger partial charge in [-0.1, -0.05) is 66.4 Å². The number of nitrogens with zero attached hydrogens (tertiary/aromatic N) is 4. The first kappa shape index (κ1) is 21.0. The number of thioether (sulfide) groups is 1. The summed E-state index contributed by atoms with van der Waals surface area (Å²) in [7, 11) is 1.66. The van der Waals surface area contributed by atoms with Gasteiger partial charge in [-0.3, -0.25) is 14.3 Å². The van der Waals surface area contributed by atoms with Crippen molar-refractivity contribution in [2.75, 3.05) is 19.5 Å². The number of carbonyl (C=O) groups excluding carboxylic acids is 1. The molecule has 0 spiro atoms. The van der Waals surface area contributed by atoms with Gasteiger partial charge in [0, 0.05) is 30.6 Å². The minimum Gasteiger partial charge on any atom is -0.383 e. The summed E-state index contributed by atoms with van der Waals surface area (Å²) >= 11 is 1.39. The van der Waals surface area contributed by atoms with E-state index in [4.69, 9.17) is 4.74 Å². The highest BCUT2D eigenvalue weighted by molar-refractivity contribution is 7.99. The van der Waals surface area contributed by atoms with Gasteiger partial charge in [-0.2, -0.15) is 0 Å². The first-order valence-corrected chi connectivity index (χ1v) is 10.9. The summed E-state index contributed by atoms with van der Waals surface area (Å²) in [6, 6.07) is 21.6. The van der Waals surface area contributed by atoms with E-state index < -0.39 is 0 Å². The van der Waals surface area contributed by atoms with Crippen molar-refractivity contribution in [3.8, 4) is 22.5 Å². The van der Waals surface area contributed by atoms with Crippen molar-refractivity contribution in [2.45, 2.75) is 11.7 Å². The van der Waals surface area contributed by atoms with Gasteiger partial charge in [0.25, 0.3) is 0 Å². The molecule has 156 valence electrons. The summed E-state index contributed by atoms with van der Waals surface area (Å²) in [6.07, 6.45) is 3.44. The van der Waals surface area contributed by atoms with E-state index in [0.717, 1.165) is 22.5 Å². The summed E-state index contributed by atoms with van der Waals surface area (Å²) in [5.41, 5.74) is 3.83. The molecule has 6 nitrogen and oxygen atoms in total. The van der Waals surface area contributed by atoms with E-state index in [1.165, 1.54) is 11.8 Å². The molecule has 4 aromatic rings. The standard InChI is InChI=1S/C24H22N4O2S/c1-30-16-15-28-23(21-11-13-25-14-12-21)26-27-24(28)31-17-22(29)20-9-7-19(8-10-20)18-5-3-2-4-6-18/h2-14H,15-17H2,1H3. The Bertz CT molecular complexity index is 1130. The number of aromatic nitrogens is 4. The number of pyridine rings is 1. The van der Waals surface area contributed by atoms with Gasteiger partial charge in [-0.15, -0.1) is 10.2 Å². The summed E-state index contributed by atoms with van der Waals surface area (Å²) in [5.74, 6) is 1.07. The normalized spacial score (nSPS) is 10.9. The molecule has 0 aliphatic carbocycles. The van der Waals surface area contributed by atoms with Crippen molar-refractivity contribution >= 4 is 17.5 Å². The zero-order valence-electron chi connectivity index (χ0n) is 17.1. The van der Waals surface area contributed by atoms with Gasteiger partial charge in [0.2, 0.25) is 0 Å². The Hall–Kier alpha value is -3.29. The van der Waals surface area contributed by atoms with Crippen LogP contribution in [0.1, 0.15) is 10.4 Å². The fraction of sp³-hybridized carbons (Fsp3) is 0.167. The van der Waals surface area contributed by atoms with E-state index in [2.05, 4.69) is 27.3 Å². The number of ketones is 1. The fourth-order valence-corrected chi connectivity index (χ4v) is 4.05. The third-order valence-corrected chi connectivity index (χ3v) is 5.79. The van der Waals surface area contributed by atoms with E-state index in [-0.39, 0.29) is 11.5 Å². The third kappa shape index (κ3) is 5.07. The first-order valence-electron chi connectivity index (χ1n) is 9.90. The van der Waals surface area contributed by atoms with Crippen LogP contribution in [0.15, 0.2) is 84.3 Å². The average molecular weight is 431 g/mol. The number of hydrogen-bond acceptors (Lipinski definition) is 6. The fourth-order valence-electron chi connectivity index (χ4n) is 3.19. The molecule has 0 unspecified atom stereocenters. The van der Waals surface area contributed by atoms with Gasteiger partial charge in [0.1, 0.15) is 0 Å². The predicted molar refractivity (Wildman–Crippen MR) is 122 cm³/mol. The lowest BCUT2D eigenvalue weighted by Gasteiger charge is -2.09. The second kappa shape index (κ2) is 10.1. The van der Waals surface area contributed by atoms with Gasteiger partial charge in [-0.25, -0.2) is 0 Å². The lowest BCUT2D eigenvalue weighted by molar-refractivity contribution is 0.102. The number of Topliss-reactive ketones (excluding diaryl/α,β-unsaturated/α-hetero) is 1. The quantitative estimate of drug-likeness (QED) is 0.285. The molecule has 0 aliphatic rings.